The molecule has 1 aromatic carbocycles. The zero-order chi connectivity index (χ0) is 15.8. The van der Waals surface area contributed by atoms with Gasteiger partial charge in [-0.2, -0.15) is 0 Å². The van der Waals surface area contributed by atoms with Crippen LogP contribution in [0.2, 0.25) is 0 Å². The third-order valence-corrected chi connectivity index (χ3v) is 3.37. The molecule has 0 bridgehead atoms. The van der Waals surface area contributed by atoms with E-state index in [4.69, 9.17) is 9.84 Å². The summed E-state index contributed by atoms with van der Waals surface area (Å²) >= 11 is 0. The van der Waals surface area contributed by atoms with Gasteiger partial charge in [0.15, 0.2) is 0 Å². The van der Waals surface area contributed by atoms with Gasteiger partial charge in [-0.3, -0.25) is 9.59 Å². The van der Waals surface area contributed by atoms with Gasteiger partial charge in [0.25, 0.3) is 0 Å². The number of aliphatic carboxylic acids is 1. The minimum Gasteiger partial charge on any atom is -0.496 e. The Bertz CT molecular complexity index is 487. The van der Waals surface area contributed by atoms with E-state index in [-0.39, 0.29) is 24.8 Å². The Morgan fingerprint density at radius 2 is 2.00 bits per heavy atom. The molecule has 116 valence electrons. The predicted octanol–water partition coefficient (Wildman–Crippen LogP) is 2.20. The standard InChI is InChI=1S/C16H23NO4/c1-12(10-13-6-4-5-7-14(13)21-3)11-15(18)17(2)9-8-16(19)20/h4-7,12H,8-11H2,1-3H3,(H,19,20). The van der Waals surface area contributed by atoms with Crippen LogP contribution in [0.15, 0.2) is 24.3 Å². The SMILES string of the molecule is COc1ccccc1CC(C)CC(=O)N(C)CCC(=O)O. The molecule has 0 heterocycles. The van der Waals surface area contributed by atoms with Crippen molar-refractivity contribution in [2.24, 2.45) is 5.92 Å². The molecule has 1 atom stereocenters. The second-order valence-corrected chi connectivity index (χ2v) is 5.28. The van der Waals surface area contributed by atoms with E-state index >= 15 is 0 Å². The van der Waals surface area contributed by atoms with Gasteiger partial charge < -0.3 is 14.7 Å². The Labute approximate surface area is 125 Å². The van der Waals surface area contributed by atoms with Crippen LogP contribution in [0.4, 0.5) is 0 Å². The van der Waals surface area contributed by atoms with Crippen LogP contribution >= 0.6 is 0 Å². The number of carbonyl (C=O) groups is 2. The Balaban J connectivity index is 2.51. The summed E-state index contributed by atoms with van der Waals surface area (Å²) in [5, 5.41) is 8.63. The van der Waals surface area contributed by atoms with Crippen LogP contribution in [0.1, 0.15) is 25.3 Å². The minimum atomic E-state index is -0.892. The molecule has 0 aliphatic carbocycles. The third kappa shape index (κ3) is 5.85. The first-order valence-corrected chi connectivity index (χ1v) is 7.01. The van der Waals surface area contributed by atoms with Gasteiger partial charge in [-0.05, 0) is 24.0 Å². The highest BCUT2D eigenvalue weighted by Crippen LogP contribution is 2.22. The zero-order valence-corrected chi connectivity index (χ0v) is 12.8. The number of nitrogens with zero attached hydrogens (tertiary/aromatic N) is 1. The van der Waals surface area contributed by atoms with Crippen molar-refractivity contribution in [1.82, 2.24) is 4.90 Å². The van der Waals surface area contributed by atoms with E-state index in [1.165, 1.54) is 4.90 Å². The van der Waals surface area contributed by atoms with Crippen molar-refractivity contribution in [2.75, 3.05) is 20.7 Å². The maximum atomic E-state index is 12.0. The molecule has 0 aliphatic rings. The van der Waals surface area contributed by atoms with Crippen molar-refractivity contribution >= 4 is 11.9 Å². The van der Waals surface area contributed by atoms with Crippen LogP contribution in [0, 0.1) is 5.92 Å². The van der Waals surface area contributed by atoms with Gasteiger partial charge in [0.2, 0.25) is 5.91 Å². The molecule has 0 aliphatic heterocycles. The highest BCUT2D eigenvalue weighted by Gasteiger charge is 2.16. The number of benzene rings is 1. The first-order chi connectivity index (χ1) is 9.93. The topological polar surface area (TPSA) is 66.8 Å². The molecular formula is C16H23NO4. The second-order valence-electron chi connectivity index (χ2n) is 5.28. The lowest BCUT2D eigenvalue weighted by molar-refractivity contribution is -0.138. The van der Waals surface area contributed by atoms with Crippen LogP contribution < -0.4 is 4.74 Å². The lowest BCUT2D eigenvalue weighted by Gasteiger charge is -2.19. The number of carboxylic acids is 1. The summed E-state index contributed by atoms with van der Waals surface area (Å²) in [5.74, 6) is 0.0764. The minimum absolute atomic E-state index is 0.0247. The molecule has 0 fully saturated rings. The van der Waals surface area contributed by atoms with Crippen LogP contribution in [0.25, 0.3) is 0 Å². The van der Waals surface area contributed by atoms with Crippen molar-refractivity contribution in [3.8, 4) is 5.75 Å². The first kappa shape index (κ1) is 17.0. The van der Waals surface area contributed by atoms with E-state index < -0.39 is 5.97 Å². The van der Waals surface area contributed by atoms with Crippen molar-refractivity contribution in [2.45, 2.75) is 26.2 Å². The molecule has 0 aromatic heterocycles. The summed E-state index contributed by atoms with van der Waals surface area (Å²) in [6.45, 7) is 2.25. The van der Waals surface area contributed by atoms with Gasteiger partial charge in [0.1, 0.15) is 5.75 Å². The van der Waals surface area contributed by atoms with Gasteiger partial charge in [0, 0.05) is 20.0 Å². The number of ether oxygens (including phenoxy) is 1. The Morgan fingerprint density at radius 1 is 1.33 bits per heavy atom. The fraction of sp³-hybridized carbons (Fsp3) is 0.500. The van der Waals surface area contributed by atoms with Gasteiger partial charge in [-0.25, -0.2) is 0 Å². The van der Waals surface area contributed by atoms with Gasteiger partial charge in [0.05, 0.1) is 13.5 Å². The molecule has 0 spiro atoms. The number of carbonyl (C=O) groups excluding carboxylic acids is 1. The fourth-order valence-electron chi connectivity index (χ4n) is 2.16. The molecular weight excluding hydrogens is 270 g/mol. The summed E-state index contributed by atoms with van der Waals surface area (Å²) in [6, 6.07) is 7.76. The summed E-state index contributed by atoms with van der Waals surface area (Å²) in [5.41, 5.74) is 1.08. The summed E-state index contributed by atoms with van der Waals surface area (Å²) in [4.78, 5) is 24.0. The Morgan fingerprint density at radius 3 is 2.62 bits per heavy atom. The molecule has 1 amide bonds. The zero-order valence-electron chi connectivity index (χ0n) is 12.8. The van der Waals surface area contributed by atoms with E-state index in [9.17, 15) is 9.59 Å². The molecule has 5 heteroatoms. The molecule has 0 saturated carbocycles. The number of para-hydroxylation sites is 1. The lowest BCUT2D eigenvalue weighted by Crippen LogP contribution is -2.30. The molecule has 1 rings (SSSR count). The summed E-state index contributed by atoms with van der Waals surface area (Å²) in [7, 11) is 3.27. The largest absolute Gasteiger partial charge is 0.496 e. The van der Waals surface area contributed by atoms with Crippen molar-refractivity contribution < 1.29 is 19.4 Å². The second kappa shape index (κ2) is 8.29. The number of carboxylic acid groups (broad SMARTS) is 1. The maximum Gasteiger partial charge on any atom is 0.305 e. The lowest BCUT2D eigenvalue weighted by atomic mass is 9.97. The van der Waals surface area contributed by atoms with Crippen LogP contribution in [-0.4, -0.2) is 42.6 Å². The number of rotatable bonds is 8. The van der Waals surface area contributed by atoms with E-state index in [0.717, 1.165) is 17.7 Å². The quantitative estimate of drug-likeness (QED) is 0.798. The normalized spacial score (nSPS) is 11.8. The molecule has 1 N–H and O–H groups in total. The van der Waals surface area contributed by atoms with Crippen molar-refractivity contribution in [3.63, 3.8) is 0 Å². The highest BCUT2D eigenvalue weighted by molar-refractivity contribution is 5.77. The van der Waals surface area contributed by atoms with Crippen LogP contribution in [0.3, 0.4) is 0 Å². The monoisotopic (exact) mass is 293 g/mol. The smallest absolute Gasteiger partial charge is 0.305 e. The molecule has 1 aromatic rings. The fourth-order valence-corrected chi connectivity index (χ4v) is 2.16. The van der Waals surface area contributed by atoms with Gasteiger partial charge in [-0.15, -0.1) is 0 Å². The summed E-state index contributed by atoms with van der Waals surface area (Å²) < 4.78 is 5.30. The van der Waals surface area contributed by atoms with Crippen molar-refractivity contribution in [3.05, 3.63) is 29.8 Å². The van der Waals surface area contributed by atoms with E-state index in [1.807, 2.05) is 31.2 Å². The molecule has 5 nitrogen and oxygen atoms in total. The van der Waals surface area contributed by atoms with Crippen LogP contribution in [0.5, 0.6) is 5.75 Å². The predicted molar refractivity (Wildman–Crippen MR) is 80.4 cm³/mol. The number of hydrogen-bond donors (Lipinski definition) is 1. The first-order valence-electron chi connectivity index (χ1n) is 7.01. The number of hydrogen-bond acceptors (Lipinski definition) is 3. The van der Waals surface area contributed by atoms with Gasteiger partial charge in [-0.1, -0.05) is 25.1 Å². The van der Waals surface area contributed by atoms with Crippen LogP contribution in [-0.2, 0) is 16.0 Å². The van der Waals surface area contributed by atoms with Gasteiger partial charge >= 0.3 is 5.97 Å². The number of methoxy groups -OCH3 is 1. The Kier molecular flexibility index (Phi) is 6.72. The van der Waals surface area contributed by atoms with Crippen molar-refractivity contribution in [1.29, 1.82) is 0 Å². The Hall–Kier alpha value is -2.04. The average Bonchev–Trinajstić information content (AvgIpc) is 2.44. The average molecular weight is 293 g/mol. The maximum absolute atomic E-state index is 12.0. The van der Waals surface area contributed by atoms with E-state index in [2.05, 4.69) is 0 Å². The van der Waals surface area contributed by atoms with E-state index in [0.29, 0.717) is 6.42 Å². The molecule has 1 unspecified atom stereocenters. The van der Waals surface area contributed by atoms with E-state index in [1.54, 1.807) is 14.2 Å². The summed E-state index contributed by atoms with van der Waals surface area (Å²) in [6.07, 6.45) is 1.12. The molecule has 21 heavy (non-hydrogen) atoms. The molecule has 0 saturated heterocycles. The third-order valence-electron chi connectivity index (χ3n) is 3.37. The molecule has 0 radical (unpaired) electrons. The highest BCUT2D eigenvalue weighted by atomic mass is 16.5. The number of amides is 1.